The number of hydrogen-bond acceptors (Lipinski definition) is 3. The van der Waals surface area contributed by atoms with Crippen LogP contribution < -0.4 is 5.32 Å². The Bertz CT molecular complexity index is 331. The van der Waals surface area contributed by atoms with Crippen molar-refractivity contribution in [3.05, 3.63) is 12.2 Å². The van der Waals surface area contributed by atoms with Crippen LogP contribution >= 0.6 is 0 Å². The molecule has 2 atom stereocenters. The third-order valence-electron chi connectivity index (χ3n) is 3.27. The van der Waals surface area contributed by atoms with Crippen molar-refractivity contribution in [2.45, 2.75) is 37.9 Å². The van der Waals surface area contributed by atoms with Crippen molar-refractivity contribution < 1.29 is 19.4 Å². The van der Waals surface area contributed by atoms with E-state index in [2.05, 4.69) is 5.32 Å². The molecule has 2 rings (SSSR count). The lowest BCUT2D eigenvalue weighted by atomic mass is 10.1. The minimum Gasteiger partial charge on any atom is -0.479 e. The Labute approximate surface area is 99.8 Å². The number of rotatable bonds is 4. The van der Waals surface area contributed by atoms with Gasteiger partial charge in [0, 0.05) is 12.5 Å². The summed E-state index contributed by atoms with van der Waals surface area (Å²) in [7, 11) is 0. The van der Waals surface area contributed by atoms with Crippen molar-refractivity contribution in [3.8, 4) is 0 Å². The van der Waals surface area contributed by atoms with Crippen LogP contribution in [-0.4, -0.2) is 35.7 Å². The maximum atomic E-state index is 11.7. The maximum Gasteiger partial charge on any atom is 0.332 e. The number of carboxylic acid groups (broad SMARTS) is 1. The first-order valence-corrected chi connectivity index (χ1v) is 5.98. The molecule has 1 fully saturated rings. The third kappa shape index (κ3) is 3.06. The van der Waals surface area contributed by atoms with Crippen LogP contribution in [0.3, 0.4) is 0 Å². The maximum absolute atomic E-state index is 11.7. The largest absolute Gasteiger partial charge is 0.479 e. The van der Waals surface area contributed by atoms with Crippen LogP contribution in [-0.2, 0) is 14.3 Å². The smallest absolute Gasteiger partial charge is 0.332 e. The standard InChI is InChI=1S/C12H17NO4/c14-11(8-3-1-2-4-8)13-7-9-5-6-10(17-9)12(15)16/h1-2,8-10H,3-7H2,(H,13,14)(H,15,16). The fraction of sp³-hybridized carbons (Fsp3) is 0.667. The number of nitrogens with one attached hydrogen (secondary N) is 1. The number of hydrogen-bond donors (Lipinski definition) is 2. The highest BCUT2D eigenvalue weighted by atomic mass is 16.5. The summed E-state index contributed by atoms with van der Waals surface area (Å²) in [4.78, 5) is 22.4. The second-order valence-corrected chi connectivity index (χ2v) is 4.55. The molecule has 2 aliphatic rings. The highest BCUT2D eigenvalue weighted by molar-refractivity contribution is 5.79. The van der Waals surface area contributed by atoms with Gasteiger partial charge in [-0.1, -0.05) is 12.2 Å². The molecule has 1 aliphatic heterocycles. The van der Waals surface area contributed by atoms with Gasteiger partial charge in [-0.05, 0) is 25.7 Å². The average Bonchev–Trinajstić information content (AvgIpc) is 2.97. The predicted molar refractivity (Wildman–Crippen MR) is 60.4 cm³/mol. The summed E-state index contributed by atoms with van der Waals surface area (Å²) in [6, 6.07) is 0. The van der Waals surface area contributed by atoms with E-state index < -0.39 is 12.1 Å². The zero-order valence-electron chi connectivity index (χ0n) is 9.59. The molecule has 1 heterocycles. The molecular formula is C12H17NO4. The van der Waals surface area contributed by atoms with Gasteiger partial charge in [0.05, 0.1) is 6.10 Å². The Kier molecular flexibility index (Phi) is 3.78. The van der Waals surface area contributed by atoms with Gasteiger partial charge in [0.2, 0.25) is 5.91 Å². The number of carbonyl (C=O) groups is 2. The predicted octanol–water partition coefficient (Wildman–Crippen LogP) is 0.701. The summed E-state index contributed by atoms with van der Waals surface area (Å²) in [5.41, 5.74) is 0. The van der Waals surface area contributed by atoms with E-state index in [9.17, 15) is 9.59 Å². The Morgan fingerprint density at radius 3 is 2.59 bits per heavy atom. The first kappa shape index (κ1) is 12.1. The first-order chi connectivity index (χ1) is 8.16. The Balaban J connectivity index is 1.69. The number of carboxylic acids is 1. The molecule has 0 bridgehead atoms. The summed E-state index contributed by atoms with van der Waals surface area (Å²) in [5.74, 6) is -0.831. The minimum atomic E-state index is -0.918. The van der Waals surface area contributed by atoms with E-state index >= 15 is 0 Å². The molecule has 0 aromatic heterocycles. The van der Waals surface area contributed by atoms with Gasteiger partial charge in [-0.25, -0.2) is 4.79 Å². The molecule has 2 N–H and O–H groups in total. The number of carbonyl (C=O) groups excluding carboxylic acids is 1. The van der Waals surface area contributed by atoms with Gasteiger partial charge in [0.15, 0.2) is 6.10 Å². The van der Waals surface area contributed by atoms with Crippen molar-refractivity contribution in [3.63, 3.8) is 0 Å². The number of aliphatic carboxylic acids is 1. The van der Waals surface area contributed by atoms with Crippen LogP contribution in [0.25, 0.3) is 0 Å². The molecule has 0 radical (unpaired) electrons. The summed E-state index contributed by atoms with van der Waals surface area (Å²) >= 11 is 0. The Morgan fingerprint density at radius 1 is 1.29 bits per heavy atom. The molecule has 94 valence electrons. The molecule has 0 saturated carbocycles. The van der Waals surface area contributed by atoms with Crippen molar-refractivity contribution >= 4 is 11.9 Å². The lowest BCUT2D eigenvalue weighted by molar-refractivity contribution is -0.149. The second-order valence-electron chi connectivity index (χ2n) is 4.55. The third-order valence-corrected chi connectivity index (χ3v) is 3.27. The lowest BCUT2D eigenvalue weighted by Gasteiger charge is -2.14. The second kappa shape index (κ2) is 5.31. The minimum absolute atomic E-state index is 0.0392. The van der Waals surface area contributed by atoms with E-state index in [1.165, 1.54) is 0 Å². The molecule has 5 heteroatoms. The Hall–Kier alpha value is -1.36. The highest BCUT2D eigenvalue weighted by Gasteiger charge is 2.31. The molecule has 17 heavy (non-hydrogen) atoms. The van der Waals surface area contributed by atoms with Crippen molar-refractivity contribution in [2.75, 3.05) is 6.54 Å². The fourth-order valence-electron chi connectivity index (χ4n) is 2.23. The van der Waals surface area contributed by atoms with Crippen LogP contribution in [0.1, 0.15) is 25.7 Å². The zero-order valence-corrected chi connectivity index (χ0v) is 9.59. The topological polar surface area (TPSA) is 75.6 Å². The normalized spacial score (nSPS) is 28.5. The van der Waals surface area contributed by atoms with Crippen LogP contribution in [0, 0.1) is 5.92 Å². The molecule has 2 unspecified atom stereocenters. The molecule has 0 aromatic carbocycles. The molecule has 5 nitrogen and oxygen atoms in total. The fourth-order valence-corrected chi connectivity index (χ4v) is 2.23. The molecule has 0 spiro atoms. The van der Waals surface area contributed by atoms with E-state index in [1.54, 1.807) is 0 Å². The van der Waals surface area contributed by atoms with Gasteiger partial charge in [-0.15, -0.1) is 0 Å². The van der Waals surface area contributed by atoms with Gasteiger partial charge in [0.25, 0.3) is 0 Å². The molecular weight excluding hydrogens is 222 g/mol. The Morgan fingerprint density at radius 2 is 2.00 bits per heavy atom. The highest BCUT2D eigenvalue weighted by Crippen LogP contribution is 2.20. The summed E-state index contributed by atoms with van der Waals surface area (Å²) in [5, 5.41) is 11.6. The first-order valence-electron chi connectivity index (χ1n) is 5.98. The van der Waals surface area contributed by atoms with Gasteiger partial charge in [0.1, 0.15) is 0 Å². The molecule has 1 aliphatic carbocycles. The monoisotopic (exact) mass is 239 g/mol. The van der Waals surface area contributed by atoms with Gasteiger partial charge < -0.3 is 15.2 Å². The van der Waals surface area contributed by atoms with E-state index in [-0.39, 0.29) is 17.9 Å². The zero-order chi connectivity index (χ0) is 12.3. The van der Waals surface area contributed by atoms with Crippen LogP contribution in [0.15, 0.2) is 12.2 Å². The van der Waals surface area contributed by atoms with Crippen LogP contribution in [0.5, 0.6) is 0 Å². The van der Waals surface area contributed by atoms with Crippen molar-refractivity contribution in [1.82, 2.24) is 5.32 Å². The quantitative estimate of drug-likeness (QED) is 0.708. The number of ether oxygens (including phenoxy) is 1. The van der Waals surface area contributed by atoms with Gasteiger partial charge >= 0.3 is 5.97 Å². The molecule has 0 aromatic rings. The van der Waals surface area contributed by atoms with Crippen LogP contribution in [0.4, 0.5) is 0 Å². The van der Waals surface area contributed by atoms with E-state index in [1.807, 2.05) is 12.2 Å². The summed E-state index contributed by atoms with van der Waals surface area (Å²) in [6.45, 7) is 0.416. The van der Waals surface area contributed by atoms with Crippen LogP contribution in [0.2, 0.25) is 0 Å². The van der Waals surface area contributed by atoms with Crippen molar-refractivity contribution in [2.24, 2.45) is 5.92 Å². The number of amides is 1. The SMILES string of the molecule is O=C(NCC1CCC(C(=O)O)O1)C1CC=CC1. The van der Waals surface area contributed by atoms with Gasteiger partial charge in [-0.3, -0.25) is 4.79 Å². The molecule has 1 saturated heterocycles. The van der Waals surface area contributed by atoms with Crippen molar-refractivity contribution in [1.29, 1.82) is 0 Å². The van der Waals surface area contributed by atoms with E-state index in [0.29, 0.717) is 19.4 Å². The van der Waals surface area contributed by atoms with E-state index in [0.717, 1.165) is 12.8 Å². The molecule has 1 amide bonds. The summed E-state index contributed by atoms with van der Waals surface area (Å²) < 4.78 is 5.31. The lowest BCUT2D eigenvalue weighted by Crippen LogP contribution is -2.36. The summed E-state index contributed by atoms with van der Waals surface area (Å²) in [6.07, 6.45) is 5.98. The number of allylic oxidation sites excluding steroid dienone is 2. The average molecular weight is 239 g/mol. The van der Waals surface area contributed by atoms with E-state index in [4.69, 9.17) is 9.84 Å². The van der Waals surface area contributed by atoms with Gasteiger partial charge in [-0.2, -0.15) is 0 Å².